The molecule has 2 aromatic carbocycles. The molecule has 9 nitrogen and oxygen atoms in total. The van der Waals surface area contributed by atoms with Gasteiger partial charge in [0.2, 0.25) is 11.6 Å². The van der Waals surface area contributed by atoms with Crippen LogP contribution in [0.25, 0.3) is 37.0 Å². The predicted molar refractivity (Wildman–Crippen MR) is 183 cm³/mol. The third kappa shape index (κ3) is 5.70. The molecule has 2 aromatic heterocycles. The summed E-state index contributed by atoms with van der Waals surface area (Å²) in [5.74, 6) is -2.57. The lowest BCUT2D eigenvalue weighted by Gasteiger charge is -2.44. The summed E-state index contributed by atoms with van der Waals surface area (Å²) in [6, 6.07) is 1.47. The number of aromatic nitrogens is 2. The van der Waals surface area contributed by atoms with Crippen LogP contribution < -0.4 is 15.4 Å². The van der Waals surface area contributed by atoms with E-state index in [2.05, 4.69) is 21.4 Å². The van der Waals surface area contributed by atoms with Crippen LogP contribution in [0.3, 0.4) is 0 Å². The third-order valence-electron chi connectivity index (χ3n) is 10.2. The molecule has 2 N–H and O–H groups in total. The molecule has 5 heterocycles. The Hall–Kier alpha value is -4.62. The number of fused-ring (bicyclic) bond motifs is 3. The molecule has 0 radical (unpaired) electrons. The summed E-state index contributed by atoms with van der Waals surface area (Å²) in [5.41, 5.74) is 1.86. The molecule has 4 atom stereocenters. The summed E-state index contributed by atoms with van der Waals surface area (Å²) in [7, 11) is 0. The number of rotatable bonds is 6. The summed E-state index contributed by atoms with van der Waals surface area (Å²) >= 11 is 0.683. The summed E-state index contributed by atoms with van der Waals surface area (Å²) in [5, 5.41) is -0.630. The van der Waals surface area contributed by atoms with E-state index in [0.717, 1.165) is 24.6 Å². The lowest BCUT2D eigenvalue weighted by molar-refractivity contribution is -0.137. The van der Waals surface area contributed by atoms with Crippen molar-refractivity contribution in [3.8, 4) is 17.1 Å². The van der Waals surface area contributed by atoms with Gasteiger partial charge in [-0.25, -0.2) is 18.0 Å². The Morgan fingerprint density at radius 3 is 2.61 bits per heavy atom. The zero-order valence-corrected chi connectivity index (χ0v) is 28.5. The Morgan fingerprint density at radius 2 is 1.94 bits per heavy atom. The number of halogens is 6. The van der Waals surface area contributed by atoms with Gasteiger partial charge in [-0.05, 0) is 57.0 Å². The van der Waals surface area contributed by atoms with Crippen LogP contribution in [0, 0.1) is 18.2 Å². The van der Waals surface area contributed by atoms with Gasteiger partial charge in [-0.15, -0.1) is 11.3 Å². The third-order valence-corrected chi connectivity index (χ3v) is 11.3. The zero-order chi connectivity index (χ0) is 36.6. The molecule has 0 spiro atoms. The molecule has 0 aliphatic carbocycles. The number of nitrogens with two attached hydrogens (primary N) is 1. The lowest BCUT2D eigenvalue weighted by atomic mass is 9.93. The summed E-state index contributed by atoms with van der Waals surface area (Å²) < 4.78 is 97.6. The van der Waals surface area contributed by atoms with Crippen LogP contribution in [0.4, 0.5) is 42.8 Å². The number of piperazine rings is 1. The lowest BCUT2D eigenvalue weighted by Crippen LogP contribution is -2.58. The molecule has 3 fully saturated rings. The van der Waals surface area contributed by atoms with Crippen molar-refractivity contribution in [3.63, 3.8) is 0 Å². The van der Waals surface area contributed by atoms with E-state index < -0.39 is 58.2 Å². The number of amides is 1. The summed E-state index contributed by atoms with van der Waals surface area (Å²) in [6.45, 7) is 15.9. The number of carbonyl (C=O) groups excluding carboxylic acids is 1. The monoisotopic (exact) mass is 729 g/mol. The Balaban J connectivity index is 1.45. The van der Waals surface area contributed by atoms with Crippen molar-refractivity contribution in [1.82, 2.24) is 19.8 Å². The van der Waals surface area contributed by atoms with Crippen LogP contribution in [0.15, 0.2) is 30.9 Å². The average molecular weight is 730 g/mol. The van der Waals surface area contributed by atoms with Crippen molar-refractivity contribution in [2.24, 2.45) is 0 Å². The Morgan fingerprint density at radius 1 is 1.22 bits per heavy atom. The number of anilines is 2. The molecule has 16 heteroatoms. The van der Waals surface area contributed by atoms with Crippen LogP contribution in [0.1, 0.15) is 38.7 Å². The molecule has 1 amide bonds. The van der Waals surface area contributed by atoms with Crippen LogP contribution in [0.5, 0.6) is 6.01 Å². The molecule has 0 bridgehead atoms. The predicted octanol–water partition coefficient (Wildman–Crippen LogP) is 7.51. The standard InChI is InChI=1S/C35H33F6N7O2S/c1-5-24(49)48-17(2)13-46(14-18(48)3)32-21-11-22(35(39,40)41)25(20-7-8-23(37)30-26(20)29(43-4)31(42)51-30)27(38)28(21)44-33(45-32)50-16-34-9-6-10-47(34)15-19(36)12-34/h5,7-8,11,17-19H,1,6,9-10,12-16,42H2,2-3H3/t17-,18-,19-,34+/m1/s1. The Labute approximate surface area is 293 Å². The smallest absolute Gasteiger partial charge is 0.417 e. The minimum atomic E-state index is -5.12. The molecule has 3 saturated heterocycles. The van der Waals surface area contributed by atoms with Crippen molar-refractivity contribution in [3.05, 3.63) is 59.5 Å². The van der Waals surface area contributed by atoms with E-state index in [0.29, 0.717) is 24.3 Å². The second-order valence-electron chi connectivity index (χ2n) is 13.5. The van der Waals surface area contributed by atoms with E-state index in [-0.39, 0.29) is 82.1 Å². The van der Waals surface area contributed by atoms with Crippen molar-refractivity contribution >= 4 is 54.7 Å². The van der Waals surface area contributed by atoms with Crippen molar-refractivity contribution in [2.45, 2.75) is 63.1 Å². The van der Waals surface area contributed by atoms with Crippen LogP contribution in [0.2, 0.25) is 0 Å². The highest BCUT2D eigenvalue weighted by Gasteiger charge is 2.49. The van der Waals surface area contributed by atoms with Gasteiger partial charge in [0.05, 0.1) is 27.4 Å². The highest BCUT2D eigenvalue weighted by atomic mass is 32.1. The fourth-order valence-electron chi connectivity index (χ4n) is 8.16. The number of benzene rings is 2. The molecule has 3 aliphatic heterocycles. The van der Waals surface area contributed by atoms with Crippen molar-refractivity contribution < 1.29 is 35.9 Å². The molecule has 268 valence electrons. The molecule has 0 unspecified atom stereocenters. The normalized spacial score (nSPS) is 23.9. The largest absolute Gasteiger partial charge is 0.461 e. The molecule has 3 aliphatic rings. The fourth-order valence-corrected chi connectivity index (χ4v) is 9.10. The van der Waals surface area contributed by atoms with Gasteiger partial charge in [0.15, 0.2) is 5.82 Å². The van der Waals surface area contributed by atoms with Crippen molar-refractivity contribution in [2.75, 3.05) is 43.4 Å². The first-order valence-corrected chi connectivity index (χ1v) is 17.2. The van der Waals surface area contributed by atoms with E-state index in [9.17, 15) is 13.6 Å². The van der Waals surface area contributed by atoms with Gasteiger partial charge < -0.3 is 20.3 Å². The maximum absolute atomic E-state index is 17.1. The first-order chi connectivity index (χ1) is 24.2. The highest BCUT2D eigenvalue weighted by Crippen LogP contribution is 2.51. The maximum Gasteiger partial charge on any atom is 0.417 e. The van der Waals surface area contributed by atoms with E-state index in [1.54, 1.807) is 23.6 Å². The topological polar surface area (TPSA) is 92.2 Å². The average Bonchev–Trinajstić information content (AvgIpc) is 3.72. The Bertz CT molecular complexity index is 2120. The molecule has 4 aromatic rings. The number of hydrogen-bond donors (Lipinski definition) is 1. The molecule has 7 rings (SSSR count). The van der Waals surface area contributed by atoms with Crippen LogP contribution in [-0.2, 0) is 11.0 Å². The Kier molecular flexibility index (Phi) is 8.57. The number of alkyl halides is 4. The fraction of sp³-hybridized carbons (Fsp3) is 0.429. The molecule has 51 heavy (non-hydrogen) atoms. The second kappa shape index (κ2) is 12.6. The van der Waals surface area contributed by atoms with Crippen molar-refractivity contribution in [1.29, 1.82) is 0 Å². The van der Waals surface area contributed by atoms with Gasteiger partial charge in [0, 0.05) is 54.5 Å². The second-order valence-corrected chi connectivity index (χ2v) is 14.5. The highest BCUT2D eigenvalue weighted by molar-refractivity contribution is 7.23. The summed E-state index contributed by atoms with van der Waals surface area (Å²) in [6.07, 6.45) is -3.28. The number of nitrogen functional groups attached to an aromatic ring is 1. The van der Waals surface area contributed by atoms with E-state index in [4.69, 9.17) is 17.0 Å². The van der Waals surface area contributed by atoms with Gasteiger partial charge in [-0.1, -0.05) is 12.6 Å². The SMILES string of the molecule is [C-]#[N+]c1c(N)sc2c(F)ccc(-c3c(C(F)(F)F)cc4c(N5C[C@@H](C)N(C(=O)C=C)[C@H](C)C5)nc(OC[C@@]56CCCN5C[C@H](F)C6)nc4c3F)c12. The number of ether oxygens (including phenoxy) is 1. The minimum absolute atomic E-state index is 0.0248. The van der Waals surface area contributed by atoms with Crippen LogP contribution >= 0.6 is 11.3 Å². The van der Waals surface area contributed by atoms with Gasteiger partial charge in [0.1, 0.15) is 29.9 Å². The quantitative estimate of drug-likeness (QED) is 0.125. The van der Waals surface area contributed by atoms with E-state index in [1.807, 2.05) is 4.90 Å². The molecular formula is C35H33F6N7O2S. The van der Waals surface area contributed by atoms with Gasteiger partial charge in [-0.3, -0.25) is 9.69 Å². The van der Waals surface area contributed by atoms with Gasteiger partial charge in [0.25, 0.3) is 0 Å². The van der Waals surface area contributed by atoms with Gasteiger partial charge >= 0.3 is 12.2 Å². The van der Waals surface area contributed by atoms with Gasteiger partial charge in [-0.2, -0.15) is 23.1 Å². The number of thiophene rings is 1. The number of nitrogens with zero attached hydrogens (tertiary/aromatic N) is 6. The zero-order valence-electron chi connectivity index (χ0n) is 27.7. The van der Waals surface area contributed by atoms with E-state index >= 15 is 17.6 Å². The van der Waals surface area contributed by atoms with Crippen LogP contribution in [-0.4, -0.2) is 82.3 Å². The minimum Gasteiger partial charge on any atom is -0.461 e. The summed E-state index contributed by atoms with van der Waals surface area (Å²) in [4.78, 5) is 30.1. The maximum atomic E-state index is 17.1. The molecule has 0 saturated carbocycles. The van der Waals surface area contributed by atoms with E-state index in [1.165, 1.54) is 6.08 Å². The first kappa shape index (κ1) is 34.8. The first-order valence-electron chi connectivity index (χ1n) is 16.4. The number of hydrogen-bond acceptors (Lipinski definition) is 8. The number of carbonyl (C=O) groups is 1. The molecular weight excluding hydrogens is 696 g/mol.